The Morgan fingerprint density at radius 2 is 1.67 bits per heavy atom. The fraction of sp³-hybridized carbons (Fsp3) is 0.382. The van der Waals surface area contributed by atoms with E-state index < -0.39 is 18.1 Å². The second-order valence-corrected chi connectivity index (χ2v) is 21.7. The Hall–Kier alpha value is -6.91. The molecule has 0 bridgehead atoms. The van der Waals surface area contributed by atoms with E-state index in [4.69, 9.17) is 26.4 Å². The lowest BCUT2D eigenvalue weighted by Gasteiger charge is -2.36. The van der Waals surface area contributed by atoms with Crippen molar-refractivity contribution >= 4 is 46.4 Å². The number of nitrogens with zero attached hydrogens (tertiary/aromatic N) is 9. The molecule has 372 valence electrons. The van der Waals surface area contributed by atoms with E-state index in [1.165, 1.54) is 4.88 Å². The van der Waals surface area contributed by atoms with E-state index in [1.807, 2.05) is 124 Å². The number of likely N-dealkylation sites (tertiary alicyclic amines) is 1. The number of benzene rings is 3. The van der Waals surface area contributed by atoms with Gasteiger partial charge in [0.25, 0.3) is 0 Å². The Morgan fingerprint density at radius 3 is 2.39 bits per heavy atom. The average molecular weight is 1010 g/mol. The molecule has 17 heteroatoms. The number of amides is 3. The molecule has 15 nitrogen and oxygen atoms in total. The Labute approximate surface area is 428 Å². The largest absolute Gasteiger partial charge is 0.490 e. The van der Waals surface area contributed by atoms with Crippen LogP contribution in [0.4, 0.5) is 0 Å². The molecule has 2 N–H and O–H groups in total. The maximum absolute atomic E-state index is 14.5. The van der Waals surface area contributed by atoms with Gasteiger partial charge in [-0.05, 0) is 86.9 Å². The van der Waals surface area contributed by atoms with E-state index in [9.17, 15) is 14.4 Å². The molecule has 5 atom stereocenters. The summed E-state index contributed by atoms with van der Waals surface area (Å²) in [6, 6.07) is 21.5. The van der Waals surface area contributed by atoms with E-state index in [-0.39, 0.29) is 54.2 Å². The van der Waals surface area contributed by atoms with E-state index >= 15 is 0 Å². The molecular weight excluding hydrogens is 946 g/mol. The number of imidazole rings is 1. The van der Waals surface area contributed by atoms with Crippen molar-refractivity contribution in [2.45, 2.75) is 110 Å². The average Bonchev–Trinajstić information content (AvgIpc) is 4.19. The highest BCUT2D eigenvalue weighted by molar-refractivity contribution is 7.15. The van der Waals surface area contributed by atoms with Gasteiger partial charge >= 0.3 is 0 Å². The first-order valence-electron chi connectivity index (χ1n) is 24.8. The molecule has 2 fully saturated rings. The number of thiophene rings is 1. The first kappa shape index (κ1) is 48.7. The molecule has 7 aromatic rings. The number of hydrogen-bond donors (Lipinski definition) is 2. The molecule has 4 aromatic heterocycles. The Balaban J connectivity index is 0.762. The van der Waals surface area contributed by atoms with Crippen molar-refractivity contribution in [1.29, 1.82) is 0 Å². The maximum Gasteiger partial charge on any atom is 0.248 e. The van der Waals surface area contributed by atoms with Crippen LogP contribution in [0.5, 0.6) is 5.75 Å². The van der Waals surface area contributed by atoms with Crippen LogP contribution in [0.3, 0.4) is 0 Å². The van der Waals surface area contributed by atoms with E-state index in [0.29, 0.717) is 42.4 Å². The van der Waals surface area contributed by atoms with Gasteiger partial charge in [0.05, 0.1) is 24.4 Å². The Bertz CT molecular complexity index is 3180. The molecule has 3 aliphatic rings. The zero-order valence-corrected chi connectivity index (χ0v) is 43.4. The van der Waals surface area contributed by atoms with Crippen LogP contribution < -0.4 is 15.4 Å². The van der Waals surface area contributed by atoms with Crippen LogP contribution in [0, 0.1) is 32.6 Å². The summed E-state index contributed by atoms with van der Waals surface area (Å²) in [5.41, 5.74) is 7.60. The van der Waals surface area contributed by atoms with Crippen LogP contribution in [0.2, 0.25) is 5.02 Å². The number of aryl methyl sites for hydroxylation is 3. The third-order valence-electron chi connectivity index (χ3n) is 14.4. The number of halogens is 1. The number of fused-ring (bicyclic) bond motifs is 3. The topological polar surface area (TPSA) is 166 Å². The summed E-state index contributed by atoms with van der Waals surface area (Å²) in [5.74, 6) is 2.64. The van der Waals surface area contributed by atoms with Gasteiger partial charge in [-0.3, -0.25) is 28.6 Å². The van der Waals surface area contributed by atoms with E-state index in [2.05, 4.69) is 51.2 Å². The molecule has 72 heavy (non-hydrogen) atoms. The SMILES string of the molecule is Cc1sc2c(c1C)C(c1ccc(Cl)cc1)=N[C@@H](CC(=O)NC1CC(Oc3cccc(-c4cnn([C@@H](C(=O)N5C[C@H](C)C[C@H]5C(=O)N[C@@H](C)c5ccc(-c6nccn6C)cc5)C(C)C)c4)c3)C1)c1nnc(C)n1-2. The van der Waals surface area contributed by atoms with Crippen molar-refractivity contribution in [3.63, 3.8) is 0 Å². The summed E-state index contributed by atoms with van der Waals surface area (Å²) in [4.78, 5) is 54.9. The molecule has 0 radical (unpaired) electrons. The molecule has 1 saturated heterocycles. The van der Waals surface area contributed by atoms with Crippen LogP contribution in [0.15, 0.2) is 103 Å². The lowest BCUT2D eigenvalue weighted by molar-refractivity contribution is -0.142. The minimum Gasteiger partial charge on any atom is -0.490 e. The van der Waals surface area contributed by atoms with Crippen LogP contribution >= 0.6 is 22.9 Å². The monoisotopic (exact) mass is 1010 g/mol. The number of hydrogen-bond acceptors (Lipinski definition) is 10. The molecule has 1 aliphatic carbocycles. The van der Waals surface area contributed by atoms with Crippen LogP contribution in [-0.2, 0) is 21.4 Å². The third kappa shape index (κ3) is 9.61. The van der Waals surface area contributed by atoms with Crippen molar-refractivity contribution in [3.8, 4) is 33.3 Å². The molecule has 0 unspecified atom stereocenters. The Kier molecular flexibility index (Phi) is 13.5. The highest BCUT2D eigenvalue weighted by Gasteiger charge is 2.42. The zero-order chi connectivity index (χ0) is 50.5. The quantitative estimate of drug-likeness (QED) is 0.109. The number of ether oxygens (including phenoxy) is 1. The summed E-state index contributed by atoms with van der Waals surface area (Å²) in [7, 11) is 1.96. The summed E-state index contributed by atoms with van der Waals surface area (Å²) in [6.45, 7) is 14.7. The predicted molar refractivity (Wildman–Crippen MR) is 279 cm³/mol. The maximum atomic E-state index is 14.5. The smallest absolute Gasteiger partial charge is 0.248 e. The first-order chi connectivity index (χ1) is 34.6. The lowest BCUT2D eigenvalue weighted by Crippen LogP contribution is -2.49. The number of aliphatic imine (C=N–C) groups is 1. The van der Waals surface area contributed by atoms with E-state index in [0.717, 1.165) is 61.3 Å². The van der Waals surface area contributed by atoms with Gasteiger partial charge in [-0.25, -0.2) is 4.98 Å². The Morgan fingerprint density at radius 1 is 0.917 bits per heavy atom. The van der Waals surface area contributed by atoms with Gasteiger partial charge in [0, 0.05) is 83.2 Å². The van der Waals surface area contributed by atoms with Crippen molar-refractivity contribution < 1.29 is 19.1 Å². The minimum absolute atomic E-state index is 0.0471. The number of nitrogens with one attached hydrogen (secondary N) is 2. The molecule has 1 saturated carbocycles. The van der Waals surface area contributed by atoms with Crippen LogP contribution in [-0.4, -0.2) is 87.2 Å². The van der Waals surface area contributed by atoms with Gasteiger partial charge in [-0.15, -0.1) is 21.5 Å². The summed E-state index contributed by atoms with van der Waals surface area (Å²) in [6.07, 6.45) is 9.30. The van der Waals surface area contributed by atoms with Crippen LogP contribution in [0.25, 0.3) is 27.5 Å². The highest BCUT2D eigenvalue weighted by atomic mass is 35.5. The minimum atomic E-state index is -0.610. The highest BCUT2D eigenvalue weighted by Crippen LogP contribution is 2.40. The van der Waals surface area contributed by atoms with Crippen molar-refractivity contribution in [2.75, 3.05) is 6.54 Å². The summed E-state index contributed by atoms with van der Waals surface area (Å²) < 4.78 is 12.2. The second kappa shape index (κ2) is 19.9. The van der Waals surface area contributed by atoms with Crippen molar-refractivity contribution in [1.82, 2.24) is 49.6 Å². The van der Waals surface area contributed by atoms with Crippen molar-refractivity contribution in [3.05, 3.63) is 141 Å². The second-order valence-electron chi connectivity index (χ2n) is 20.1. The molecular formula is C55H60ClN11O4S. The molecule has 0 spiro atoms. The first-order valence-corrected chi connectivity index (χ1v) is 25.9. The third-order valence-corrected chi connectivity index (χ3v) is 15.8. The number of aromatic nitrogens is 7. The fourth-order valence-electron chi connectivity index (χ4n) is 10.3. The van der Waals surface area contributed by atoms with Gasteiger partial charge in [0.2, 0.25) is 17.7 Å². The molecule has 2 aliphatic heterocycles. The standard InChI is InChI=1S/C55H60ClN11O4S/c1-30(2)50(54(70)65-28-31(3)22-46(65)53(69)59-33(5)36-12-14-38(15-13-36)51-57-20-21-64(51)8)66-29-40(27-58-66)39-10-9-11-43(23-39)71-44-24-42(25-44)60-47(68)26-45-52-63-62-35(7)67(52)55-48(32(4)34(6)72-55)49(61-45)37-16-18-41(56)19-17-37/h9-21,23,27,29-31,33,42,44-46,50H,22,24-26,28H2,1-8H3,(H,59,69)(H,60,68)/t31-,33+,42?,44?,45+,46+,50-/m1/s1. The molecule has 3 amide bonds. The molecule has 6 heterocycles. The fourth-order valence-corrected chi connectivity index (χ4v) is 11.7. The van der Waals surface area contributed by atoms with Gasteiger partial charge in [0.1, 0.15) is 46.6 Å². The normalized spacial score (nSPS) is 20.2. The number of carbonyl (C=O) groups is 3. The predicted octanol–water partition coefficient (Wildman–Crippen LogP) is 9.49. The van der Waals surface area contributed by atoms with E-state index in [1.54, 1.807) is 33.3 Å². The lowest BCUT2D eigenvalue weighted by atomic mass is 9.89. The van der Waals surface area contributed by atoms with Crippen molar-refractivity contribution in [2.24, 2.45) is 23.9 Å². The molecule has 10 rings (SSSR count). The van der Waals surface area contributed by atoms with Gasteiger partial charge in [-0.1, -0.05) is 80.9 Å². The number of carbonyl (C=O) groups excluding carboxylic acids is 3. The number of rotatable bonds is 14. The van der Waals surface area contributed by atoms with Crippen LogP contribution in [0.1, 0.15) is 110 Å². The van der Waals surface area contributed by atoms with Gasteiger partial charge in [-0.2, -0.15) is 5.10 Å². The summed E-state index contributed by atoms with van der Waals surface area (Å²) in [5, 5.41) is 21.8. The van der Waals surface area contributed by atoms with Gasteiger partial charge < -0.3 is 24.8 Å². The molecule has 3 aromatic carbocycles. The summed E-state index contributed by atoms with van der Waals surface area (Å²) >= 11 is 7.97. The zero-order valence-electron chi connectivity index (χ0n) is 41.8. The van der Waals surface area contributed by atoms with Gasteiger partial charge in [0.15, 0.2) is 5.82 Å².